The number of carbonyl (C=O) groups excluding carboxylic acids is 1. The SMILES string of the molecule is O=C(Cn1c(=O)c2ccccc2n(Cc2ccc(F)cc2Cl)c1=O)NCc1ccc(Cl)cc1Cl. The number of halogens is 4. The molecule has 0 bridgehead atoms. The Kier molecular flexibility index (Phi) is 7.07. The van der Waals surface area contributed by atoms with Gasteiger partial charge in [0.2, 0.25) is 5.91 Å². The van der Waals surface area contributed by atoms with Gasteiger partial charge in [0.1, 0.15) is 12.4 Å². The lowest BCUT2D eigenvalue weighted by molar-refractivity contribution is -0.121. The fraction of sp³-hybridized carbons (Fsp3) is 0.125. The van der Waals surface area contributed by atoms with Gasteiger partial charge in [-0.15, -0.1) is 0 Å². The lowest BCUT2D eigenvalue weighted by Crippen LogP contribution is -2.44. The smallest absolute Gasteiger partial charge is 0.332 e. The molecule has 4 aromatic rings. The Morgan fingerprint density at radius 3 is 2.32 bits per heavy atom. The summed E-state index contributed by atoms with van der Waals surface area (Å²) in [5, 5.41) is 3.91. The highest BCUT2D eigenvalue weighted by atomic mass is 35.5. The van der Waals surface area contributed by atoms with Crippen molar-refractivity contribution in [1.29, 1.82) is 0 Å². The van der Waals surface area contributed by atoms with E-state index in [-0.39, 0.29) is 23.5 Å². The first kappa shape index (κ1) is 24.0. The minimum absolute atomic E-state index is 0.0132. The van der Waals surface area contributed by atoms with Gasteiger partial charge in [-0.2, -0.15) is 0 Å². The maximum absolute atomic E-state index is 13.5. The molecule has 1 heterocycles. The Labute approximate surface area is 208 Å². The molecule has 0 aliphatic rings. The molecule has 0 radical (unpaired) electrons. The van der Waals surface area contributed by atoms with Gasteiger partial charge in [0.15, 0.2) is 0 Å². The Morgan fingerprint density at radius 2 is 1.59 bits per heavy atom. The molecule has 10 heteroatoms. The summed E-state index contributed by atoms with van der Waals surface area (Å²) in [4.78, 5) is 38.9. The molecule has 1 amide bonds. The molecule has 0 atom stereocenters. The van der Waals surface area contributed by atoms with Crippen molar-refractivity contribution in [3.05, 3.63) is 114 Å². The molecule has 1 aromatic heterocycles. The van der Waals surface area contributed by atoms with Crippen molar-refractivity contribution in [3.63, 3.8) is 0 Å². The van der Waals surface area contributed by atoms with E-state index in [0.29, 0.717) is 26.7 Å². The van der Waals surface area contributed by atoms with Crippen LogP contribution in [0.15, 0.2) is 70.3 Å². The van der Waals surface area contributed by atoms with Crippen LogP contribution in [0.4, 0.5) is 4.39 Å². The monoisotopic (exact) mass is 519 g/mol. The summed E-state index contributed by atoms with van der Waals surface area (Å²) < 4.78 is 15.7. The number of hydrogen-bond acceptors (Lipinski definition) is 3. The number of nitrogens with one attached hydrogen (secondary N) is 1. The molecule has 1 N–H and O–H groups in total. The predicted molar refractivity (Wildman–Crippen MR) is 131 cm³/mol. The summed E-state index contributed by atoms with van der Waals surface area (Å²) in [6.07, 6.45) is 0. The van der Waals surface area contributed by atoms with Gasteiger partial charge in [-0.1, -0.05) is 59.1 Å². The maximum atomic E-state index is 13.5. The van der Waals surface area contributed by atoms with Crippen LogP contribution in [0.2, 0.25) is 15.1 Å². The Morgan fingerprint density at radius 1 is 0.882 bits per heavy atom. The quantitative estimate of drug-likeness (QED) is 0.403. The highest BCUT2D eigenvalue weighted by Crippen LogP contribution is 2.21. The topological polar surface area (TPSA) is 73.1 Å². The summed E-state index contributed by atoms with van der Waals surface area (Å²) >= 11 is 18.2. The van der Waals surface area contributed by atoms with Crippen LogP contribution in [0.25, 0.3) is 10.9 Å². The van der Waals surface area contributed by atoms with E-state index in [1.54, 1.807) is 42.5 Å². The third-order valence-corrected chi connectivity index (χ3v) is 6.21. The molecule has 0 fully saturated rings. The second-order valence-electron chi connectivity index (χ2n) is 7.53. The van der Waals surface area contributed by atoms with Crippen LogP contribution >= 0.6 is 34.8 Å². The zero-order valence-corrected chi connectivity index (χ0v) is 19.8. The van der Waals surface area contributed by atoms with Crippen molar-refractivity contribution >= 4 is 51.6 Å². The number of nitrogens with zero attached hydrogens (tertiary/aromatic N) is 2. The molecular formula is C24H17Cl3FN3O3. The largest absolute Gasteiger partial charge is 0.350 e. The van der Waals surface area contributed by atoms with Gasteiger partial charge in [-0.3, -0.25) is 18.7 Å². The van der Waals surface area contributed by atoms with E-state index in [4.69, 9.17) is 34.8 Å². The Hall–Kier alpha value is -3.13. The standard InChI is InChI=1S/C24H17Cl3FN3O3/c25-16-7-5-14(19(26)9-16)11-29-22(32)13-31-23(33)18-3-1-2-4-21(18)30(24(31)34)12-15-6-8-17(28)10-20(15)27/h1-10H,11-13H2,(H,29,32). The number of aromatic nitrogens is 2. The van der Waals surface area contributed by atoms with Crippen molar-refractivity contribution in [2.75, 3.05) is 0 Å². The van der Waals surface area contributed by atoms with E-state index in [1.165, 1.54) is 16.7 Å². The molecule has 3 aromatic carbocycles. The van der Waals surface area contributed by atoms with Crippen LogP contribution in [-0.4, -0.2) is 15.0 Å². The van der Waals surface area contributed by atoms with Gasteiger partial charge in [0.05, 0.1) is 17.4 Å². The van der Waals surface area contributed by atoms with E-state index < -0.39 is 29.5 Å². The van der Waals surface area contributed by atoms with E-state index in [2.05, 4.69) is 5.32 Å². The van der Waals surface area contributed by atoms with E-state index in [0.717, 1.165) is 10.6 Å². The minimum Gasteiger partial charge on any atom is -0.350 e. The number of rotatable bonds is 6. The number of fused-ring (bicyclic) bond motifs is 1. The number of amides is 1. The Bertz CT molecular complexity index is 1530. The first-order valence-corrected chi connectivity index (χ1v) is 11.2. The van der Waals surface area contributed by atoms with Gasteiger partial charge in [-0.05, 0) is 47.5 Å². The highest BCUT2D eigenvalue weighted by molar-refractivity contribution is 6.35. The molecule has 174 valence electrons. The molecular weight excluding hydrogens is 504 g/mol. The van der Waals surface area contributed by atoms with Crippen molar-refractivity contribution in [2.45, 2.75) is 19.6 Å². The fourth-order valence-corrected chi connectivity index (χ4v) is 4.24. The van der Waals surface area contributed by atoms with Crippen LogP contribution in [-0.2, 0) is 24.4 Å². The summed E-state index contributed by atoms with van der Waals surface area (Å²) in [5.74, 6) is -1.06. The molecule has 34 heavy (non-hydrogen) atoms. The van der Waals surface area contributed by atoms with Gasteiger partial charge >= 0.3 is 5.69 Å². The normalized spacial score (nSPS) is 11.1. The van der Waals surface area contributed by atoms with Crippen molar-refractivity contribution in [3.8, 4) is 0 Å². The summed E-state index contributed by atoms with van der Waals surface area (Å²) in [5.41, 5.74) is 0.212. The zero-order valence-electron chi connectivity index (χ0n) is 17.5. The Balaban J connectivity index is 1.68. The molecule has 6 nitrogen and oxygen atoms in total. The molecule has 0 saturated heterocycles. The summed E-state index contributed by atoms with van der Waals surface area (Å²) in [7, 11) is 0. The van der Waals surface area contributed by atoms with Gasteiger partial charge in [0.25, 0.3) is 5.56 Å². The van der Waals surface area contributed by atoms with Crippen molar-refractivity contribution in [2.24, 2.45) is 0 Å². The summed E-state index contributed by atoms with van der Waals surface area (Å²) in [6.45, 7) is -0.415. The van der Waals surface area contributed by atoms with Crippen LogP contribution in [0, 0.1) is 5.82 Å². The summed E-state index contributed by atoms with van der Waals surface area (Å²) in [6, 6.07) is 15.3. The van der Waals surface area contributed by atoms with E-state index in [1.807, 2.05) is 0 Å². The van der Waals surface area contributed by atoms with Crippen LogP contribution in [0.3, 0.4) is 0 Å². The van der Waals surface area contributed by atoms with Gasteiger partial charge < -0.3 is 5.32 Å². The second-order valence-corrected chi connectivity index (χ2v) is 8.78. The van der Waals surface area contributed by atoms with E-state index in [9.17, 15) is 18.8 Å². The van der Waals surface area contributed by atoms with Crippen LogP contribution in [0.1, 0.15) is 11.1 Å². The number of hydrogen-bond donors (Lipinski definition) is 1. The maximum Gasteiger partial charge on any atom is 0.332 e. The highest BCUT2D eigenvalue weighted by Gasteiger charge is 2.17. The first-order valence-electron chi connectivity index (χ1n) is 10.1. The first-order chi connectivity index (χ1) is 16.2. The van der Waals surface area contributed by atoms with Gasteiger partial charge in [0, 0.05) is 21.6 Å². The fourth-order valence-electron chi connectivity index (χ4n) is 3.54. The number of benzene rings is 3. The third kappa shape index (κ3) is 5.01. The second kappa shape index (κ2) is 10.0. The molecule has 0 aliphatic heterocycles. The number of carbonyl (C=O) groups is 1. The average Bonchev–Trinajstić information content (AvgIpc) is 2.80. The van der Waals surface area contributed by atoms with Crippen molar-refractivity contribution < 1.29 is 9.18 Å². The average molecular weight is 521 g/mol. The molecule has 0 spiro atoms. The molecule has 0 unspecified atom stereocenters. The number of para-hydroxylation sites is 1. The van der Waals surface area contributed by atoms with Crippen LogP contribution < -0.4 is 16.6 Å². The third-order valence-electron chi connectivity index (χ3n) is 5.27. The lowest BCUT2D eigenvalue weighted by Gasteiger charge is -2.15. The molecule has 0 aliphatic carbocycles. The minimum atomic E-state index is -0.691. The molecule has 4 rings (SSSR count). The van der Waals surface area contributed by atoms with Crippen LogP contribution in [0.5, 0.6) is 0 Å². The molecule has 0 saturated carbocycles. The lowest BCUT2D eigenvalue weighted by atomic mass is 10.2. The van der Waals surface area contributed by atoms with E-state index >= 15 is 0 Å². The zero-order chi connectivity index (χ0) is 24.4. The van der Waals surface area contributed by atoms with Crippen molar-refractivity contribution in [1.82, 2.24) is 14.5 Å². The van der Waals surface area contributed by atoms with Gasteiger partial charge in [-0.25, -0.2) is 9.18 Å². The predicted octanol–water partition coefficient (Wildman–Crippen LogP) is 4.63.